The number of carbonyl (C=O) groups excluding carboxylic acids is 2. The summed E-state index contributed by atoms with van der Waals surface area (Å²) in [6.07, 6.45) is 2.77. The van der Waals surface area contributed by atoms with Gasteiger partial charge in [0.1, 0.15) is 17.3 Å². The fraction of sp³-hybridized carbons (Fsp3) is 0.261. The van der Waals surface area contributed by atoms with Gasteiger partial charge in [0.2, 0.25) is 5.91 Å². The number of Topliss-reactive ketones (excluding diaryl/α,β-unsaturated/α-hetero) is 1. The second kappa shape index (κ2) is 7.67. The first-order chi connectivity index (χ1) is 15.4. The van der Waals surface area contributed by atoms with Crippen molar-refractivity contribution in [3.8, 4) is 22.6 Å². The van der Waals surface area contributed by atoms with Gasteiger partial charge in [-0.05, 0) is 49.7 Å². The van der Waals surface area contributed by atoms with Crippen LogP contribution in [0.5, 0.6) is 0 Å². The van der Waals surface area contributed by atoms with Crippen LogP contribution in [-0.4, -0.2) is 41.9 Å². The Morgan fingerprint density at radius 3 is 2.69 bits per heavy atom. The molecule has 0 saturated carbocycles. The van der Waals surface area contributed by atoms with Crippen molar-refractivity contribution in [3.05, 3.63) is 59.9 Å². The van der Waals surface area contributed by atoms with E-state index in [0.29, 0.717) is 35.6 Å². The zero-order valence-electron chi connectivity index (χ0n) is 17.7. The molecule has 1 fully saturated rings. The number of halogens is 1. The van der Waals surface area contributed by atoms with E-state index in [0.717, 1.165) is 17.1 Å². The van der Waals surface area contributed by atoms with E-state index >= 15 is 0 Å². The predicted octanol–water partition coefficient (Wildman–Crippen LogP) is 2.63. The van der Waals surface area contributed by atoms with Crippen molar-refractivity contribution in [1.29, 1.82) is 0 Å². The Hall–Kier alpha value is -3.88. The minimum absolute atomic E-state index is 0.0552. The predicted molar refractivity (Wildman–Crippen MR) is 115 cm³/mol. The normalized spacial score (nSPS) is 16.0. The fourth-order valence-corrected chi connectivity index (χ4v) is 4.01. The lowest BCUT2D eigenvalue weighted by Crippen LogP contribution is -2.34. The topological polar surface area (TPSA) is 94.2 Å². The summed E-state index contributed by atoms with van der Waals surface area (Å²) in [7, 11) is 1.91. The summed E-state index contributed by atoms with van der Waals surface area (Å²) < 4.78 is 17.0. The highest BCUT2D eigenvalue weighted by Crippen LogP contribution is 2.31. The van der Waals surface area contributed by atoms with Gasteiger partial charge in [-0.15, -0.1) is 0 Å². The Bertz CT molecular complexity index is 1360. The smallest absolute Gasteiger partial charge is 0.220 e. The molecule has 0 radical (unpaired) electrons. The first-order valence-electron chi connectivity index (χ1n) is 10.4. The summed E-state index contributed by atoms with van der Waals surface area (Å²) >= 11 is 0. The second-order valence-electron chi connectivity index (χ2n) is 7.98. The zero-order valence-corrected chi connectivity index (χ0v) is 17.7. The van der Waals surface area contributed by atoms with Crippen LogP contribution < -0.4 is 5.32 Å². The Balaban J connectivity index is 1.49. The van der Waals surface area contributed by atoms with E-state index < -0.39 is 6.04 Å². The Morgan fingerprint density at radius 2 is 1.97 bits per heavy atom. The van der Waals surface area contributed by atoms with Crippen LogP contribution in [0.4, 0.5) is 4.39 Å². The molecular formula is C23H21FN6O2. The number of aromatic nitrogens is 5. The number of amides is 1. The van der Waals surface area contributed by atoms with E-state index in [2.05, 4.69) is 15.3 Å². The maximum absolute atomic E-state index is 13.4. The molecule has 1 aliphatic heterocycles. The van der Waals surface area contributed by atoms with Crippen molar-refractivity contribution in [3.63, 3.8) is 0 Å². The Morgan fingerprint density at radius 1 is 1.19 bits per heavy atom. The van der Waals surface area contributed by atoms with Gasteiger partial charge in [-0.25, -0.2) is 18.9 Å². The van der Waals surface area contributed by atoms with Crippen LogP contribution in [0, 0.1) is 12.7 Å². The quantitative estimate of drug-likeness (QED) is 0.523. The molecule has 9 heteroatoms. The standard InChI is InChI=1S/C23H21FN6O2/c1-13-25-22(14-3-5-15(24)6-4-14)23(29(13)2)18-7-9-20-26-16(12-30(20)28-18)11-19(31)17-8-10-21(32)27-17/h3-7,9,12,17H,8,10-11H2,1-2H3,(H,27,32). The van der Waals surface area contributed by atoms with E-state index in [1.165, 1.54) is 12.1 Å². The molecule has 0 bridgehead atoms. The molecule has 1 saturated heterocycles. The molecule has 1 aromatic carbocycles. The summed E-state index contributed by atoms with van der Waals surface area (Å²) in [4.78, 5) is 33.0. The number of hydrogen-bond acceptors (Lipinski definition) is 5. The van der Waals surface area contributed by atoms with Crippen molar-refractivity contribution in [2.75, 3.05) is 0 Å². The molecule has 4 aromatic rings. The summed E-state index contributed by atoms with van der Waals surface area (Å²) in [6.45, 7) is 1.90. The fourth-order valence-electron chi connectivity index (χ4n) is 4.01. The summed E-state index contributed by atoms with van der Waals surface area (Å²) in [5.41, 5.74) is 4.20. The molecule has 32 heavy (non-hydrogen) atoms. The van der Waals surface area contributed by atoms with Crippen molar-refractivity contribution in [2.45, 2.75) is 32.2 Å². The average molecular weight is 432 g/mol. The minimum atomic E-state index is -0.438. The molecule has 1 amide bonds. The van der Waals surface area contributed by atoms with Gasteiger partial charge >= 0.3 is 0 Å². The summed E-state index contributed by atoms with van der Waals surface area (Å²) in [6, 6.07) is 9.46. The molecule has 4 heterocycles. The molecule has 162 valence electrons. The third kappa shape index (κ3) is 3.55. The number of imidazole rings is 2. The minimum Gasteiger partial charge on any atom is -0.346 e. The number of nitrogens with zero attached hydrogens (tertiary/aromatic N) is 5. The van der Waals surface area contributed by atoms with Crippen LogP contribution in [0.3, 0.4) is 0 Å². The van der Waals surface area contributed by atoms with Crippen LogP contribution >= 0.6 is 0 Å². The number of aryl methyl sites for hydroxylation is 1. The van der Waals surface area contributed by atoms with E-state index in [1.807, 2.05) is 30.7 Å². The molecule has 0 aliphatic carbocycles. The molecular weight excluding hydrogens is 411 g/mol. The molecule has 1 atom stereocenters. The number of nitrogens with one attached hydrogen (secondary N) is 1. The van der Waals surface area contributed by atoms with Gasteiger partial charge < -0.3 is 9.88 Å². The molecule has 1 N–H and O–H groups in total. The van der Waals surface area contributed by atoms with Gasteiger partial charge in [0.05, 0.1) is 35.7 Å². The molecule has 8 nitrogen and oxygen atoms in total. The van der Waals surface area contributed by atoms with Gasteiger partial charge in [-0.2, -0.15) is 5.10 Å². The largest absolute Gasteiger partial charge is 0.346 e. The van der Waals surface area contributed by atoms with Crippen molar-refractivity contribution >= 4 is 17.3 Å². The van der Waals surface area contributed by atoms with Gasteiger partial charge in [0, 0.05) is 19.0 Å². The molecule has 5 rings (SSSR count). The van der Waals surface area contributed by atoms with E-state index in [1.54, 1.807) is 22.8 Å². The highest BCUT2D eigenvalue weighted by Gasteiger charge is 2.27. The van der Waals surface area contributed by atoms with Gasteiger partial charge in [0.15, 0.2) is 11.4 Å². The molecule has 1 aliphatic rings. The maximum atomic E-state index is 13.4. The SMILES string of the molecule is Cc1nc(-c2ccc(F)cc2)c(-c2ccc3nc(CC(=O)C4CCC(=O)N4)cn3n2)n1C. The van der Waals surface area contributed by atoms with Crippen LogP contribution in [0.1, 0.15) is 24.4 Å². The van der Waals surface area contributed by atoms with Gasteiger partial charge in [-0.1, -0.05) is 0 Å². The summed E-state index contributed by atoms with van der Waals surface area (Å²) in [5, 5.41) is 7.40. The lowest BCUT2D eigenvalue weighted by atomic mass is 10.1. The Kier molecular flexibility index (Phi) is 4.80. The third-order valence-corrected chi connectivity index (χ3v) is 5.79. The number of fused-ring (bicyclic) bond motifs is 1. The van der Waals surface area contributed by atoms with Crippen LogP contribution in [-0.2, 0) is 23.1 Å². The lowest BCUT2D eigenvalue weighted by molar-refractivity contribution is -0.124. The lowest BCUT2D eigenvalue weighted by Gasteiger charge is -2.07. The second-order valence-corrected chi connectivity index (χ2v) is 7.98. The van der Waals surface area contributed by atoms with E-state index in [9.17, 15) is 14.0 Å². The monoisotopic (exact) mass is 432 g/mol. The average Bonchev–Trinajstić information content (AvgIpc) is 3.45. The van der Waals surface area contributed by atoms with Crippen molar-refractivity contribution < 1.29 is 14.0 Å². The zero-order chi connectivity index (χ0) is 22.4. The van der Waals surface area contributed by atoms with Crippen LogP contribution in [0.25, 0.3) is 28.3 Å². The first-order valence-corrected chi connectivity index (χ1v) is 10.4. The number of rotatable bonds is 5. The van der Waals surface area contributed by atoms with Crippen molar-refractivity contribution in [1.82, 2.24) is 29.5 Å². The van der Waals surface area contributed by atoms with Gasteiger partial charge in [-0.3, -0.25) is 9.59 Å². The number of ketones is 1. The summed E-state index contributed by atoms with van der Waals surface area (Å²) in [5.74, 6) is 0.352. The van der Waals surface area contributed by atoms with Crippen LogP contribution in [0.2, 0.25) is 0 Å². The first kappa shape index (κ1) is 20.0. The van der Waals surface area contributed by atoms with E-state index in [-0.39, 0.29) is 23.9 Å². The number of hydrogen-bond donors (Lipinski definition) is 1. The molecule has 1 unspecified atom stereocenters. The molecule has 0 spiro atoms. The number of carbonyl (C=O) groups is 2. The van der Waals surface area contributed by atoms with E-state index in [4.69, 9.17) is 5.10 Å². The maximum Gasteiger partial charge on any atom is 0.220 e. The van der Waals surface area contributed by atoms with Crippen LogP contribution in [0.15, 0.2) is 42.6 Å². The molecule has 3 aromatic heterocycles. The highest BCUT2D eigenvalue weighted by molar-refractivity contribution is 5.93. The van der Waals surface area contributed by atoms with Gasteiger partial charge in [0.25, 0.3) is 0 Å². The van der Waals surface area contributed by atoms with Crippen molar-refractivity contribution in [2.24, 2.45) is 7.05 Å². The highest BCUT2D eigenvalue weighted by atomic mass is 19.1. The number of benzene rings is 1. The third-order valence-electron chi connectivity index (χ3n) is 5.79. The Labute approximate surface area is 183 Å².